The van der Waals surface area contributed by atoms with Gasteiger partial charge in [-0.2, -0.15) is 0 Å². The molecule has 0 saturated carbocycles. The molecule has 0 atom stereocenters. The molecule has 3 heterocycles. The van der Waals surface area contributed by atoms with Crippen molar-refractivity contribution in [2.24, 2.45) is 7.05 Å². The van der Waals surface area contributed by atoms with Gasteiger partial charge in [0.2, 0.25) is 0 Å². The van der Waals surface area contributed by atoms with Crippen molar-refractivity contribution in [3.05, 3.63) is 69.5 Å². The second kappa shape index (κ2) is 14.5. The van der Waals surface area contributed by atoms with E-state index in [2.05, 4.69) is 9.80 Å². The fourth-order valence-corrected chi connectivity index (χ4v) is 6.23. The molecule has 0 radical (unpaired) electrons. The van der Waals surface area contributed by atoms with Gasteiger partial charge >= 0.3 is 0 Å². The predicted molar refractivity (Wildman–Crippen MR) is 165 cm³/mol. The van der Waals surface area contributed by atoms with E-state index in [0.29, 0.717) is 16.3 Å². The maximum Gasteiger partial charge on any atom is 0.262 e. The van der Waals surface area contributed by atoms with Crippen LogP contribution in [0.3, 0.4) is 0 Å². The molecule has 3 aromatic rings. The van der Waals surface area contributed by atoms with Gasteiger partial charge in [0.15, 0.2) is 5.16 Å². The van der Waals surface area contributed by atoms with Crippen molar-refractivity contribution < 1.29 is 4.79 Å². The van der Waals surface area contributed by atoms with Gasteiger partial charge in [-0.05, 0) is 62.2 Å². The number of carbonyl (C=O) groups is 1. The molecule has 212 valence electrons. The van der Waals surface area contributed by atoms with Gasteiger partial charge in [0.05, 0.1) is 10.9 Å². The first-order chi connectivity index (χ1) is 18.0. The van der Waals surface area contributed by atoms with Crippen LogP contribution in [-0.2, 0) is 12.8 Å². The highest BCUT2D eigenvalue weighted by Gasteiger charge is 2.22. The van der Waals surface area contributed by atoms with Gasteiger partial charge in [-0.15, -0.1) is 24.8 Å². The second-order valence-electron chi connectivity index (χ2n) is 10.2. The van der Waals surface area contributed by atoms with Crippen LogP contribution in [0.2, 0.25) is 0 Å². The van der Waals surface area contributed by atoms with Gasteiger partial charge in [-0.25, -0.2) is 4.98 Å². The number of aromatic nitrogens is 2. The van der Waals surface area contributed by atoms with Crippen molar-refractivity contribution in [2.75, 3.05) is 52.4 Å². The van der Waals surface area contributed by atoms with Gasteiger partial charge < -0.3 is 9.80 Å². The van der Waals surface area contributed by atoms with E-state index >= 15 is 0 Å². The Morgan fingerprint density at radius 3 is 2.18 bits per heavy atom. The van der Waals surface area contributed by atoms with Crippen LogP contribution in [0.1, 0.15) is 40.7 Å². The van der Waals surface area contributed by atoms with E-state index in [9.17, 15) is 9.59 Å². The number of rotatable bonds is 7. The molecule has 1 amide bonds. The summed E-state index contributed by atoms with van der Waals surface area (Å²) in [5.74, 6) is 0.797. The number of hydrogen-bond donors (Lipinski definition) is 0. The van der Waals surface area contributed by atoms with E-state index in [4.69, 9.17) is 4.98 Å². The molecular weight excluding hydrogens is 553 g/mol. The van der Waals surface area contributed by atoms with Crippen molar-refractivity contribution in [3.63, 3.8) is 0 Å². The third kappa shape index (κ3) is 7.55. The lowest BCUT2D eigenvalue weighted by Gasteiger charge is -2.36. The van der Waals surface area contributed by atoms with Crippen LogP contribution in [0.25, 0.3) is 10.9 Å². The number of benzene rings is 2. The Morgan fingerprint density at radius 1 is 0.872 bits per heavy atom. The molecule has 0 N–H and O–H groups in total. The van der Waals surface area contributed by atoms with Gasteiger partial charge in [0.25, 0.3) is 11.5 Å². The number of carbonyl (C=O) groups excluding carboxylic acids is 1. The average Bonchev–Trinajstić information content (AvgIpc) is 2.94. The fourth-order valence-electron chi connectivity index (χ4n) is 5.30. The lowest BCUT2D eigenvalue weighted by atomic mass is 10.1. The van der Waals surface area contributed by atoms with Gasteiger partial charge in [0, 0.05) is 57.6 Å². The molecule has 10 heteroatoms. The molecule has 2 saturated heterocycles. The van der Waals surface area contributed by atoms with E-state index < -0.39 is 0 Å². The Morgan fingerprint density at radius 2 is 1.51 bits per heavy atom. The number of fused-ring (bicyclic) bond motifs is 1. The SMILES string of the molecule is Cc1cccc2nc(SCc3ccc(C(=O)N4CCN(CCN5CCCCC5)CC4)cc3)n(C)c(=O)c12.Cl.Cl. The van der Waals surface area contributed by atoms with Gasteiger partial charge in [-0.1, -0.05) is 42.4 Å². The molecule has 0 spiro atoms. The minimum absolute atomic E-state index is 0. The molecule has 0 bridgehead atoms. The smallest absolute Gasteiger partial charge is 0.262 e. The summed E-state index contributed by atoms with van der Waals surface area (Å²) in [6, 6.07) is 13.6. The fraction of sp³-hybridized carbons (Fsp3) is 0.483. The zero-order chi connectivity index (χ0) is 25.8. The first-order valence-corrected chi connectivity index (χ1v) is 14.4. The summed E-state index contributed by atoms with van der Waals surface area (Å²) >= 11 is 1.54. The van der Waals surface area contributed by atoms with Crippen LogP contribution in [0.5, 0.6) is 0 Å². The number of likely N-dealkylation sites (tertiary alicyclic amines) is 1. The molecule has 39 heavy (non-hydrogen) atoms. The number of thioether (sulfide) groups is 1. The molecule has 0 aliphatic carbocycles. The second-order valence-corrected chi connectivity index (χ2v) is 11.2. The topological polar surface area (TPSA) is 61.7 Å². The quantitative estimate of drug-likeness (QED) is 0.295. The van der Waals surface area contributed by atoms with E-state index in [1.807, 2.05) is 54.3 Å². The monoisotopic (exact) mass is 591 g/mol. The number of aryl methyl sites for hydroxylation is 1. The number of hydrogen-bond acceptors (Lipinski definition) is 6. The van der Waals surface area contributed by atoms with Crippen LogP contribution in [0.4, 0.5) is 0 Å². The molecule has 5 rings (SSSR count). The molecule has 0 unspecified atom stereocenters. The van der Waals surface area contributed by atoms with Crippen molar-refractivity contribution in [1.82, 2.24) is 24.3 Å². The van der Waals surface area contributed by atoms with E-state index in [0.717, 1.165) is 61.5 Å². The summed E-state index contributed by atoms with van der Waals surface area (Å²) in [7, 11) is 1.78. The third-order valence-electron chi connectivity index (χ3n) is 7.68. The Bertz CT molecular complexity index is 1300. The van der Waals surface area contributed by atoms with E-state index in [1.54, 1.807) is 11.6 Å². The molecule has 2 aliphatic heterocycles. The number of piperidine rings is 1. The highest BCUT2D eigenvalue weighted by molar-refractivity contribution is 7.98. The maximum absolute atomic E-state index is 13.1. The van der Waals surface area contributed by atoms with Crippen molar-refractivity contribution in [2.45, 2.75) is 37.1 Å². The number of nitrogens with zero attached hydrogens (tertiary/aromatic N) is 5. The number of amides is 1. The number of halogens is 2. The molecule has 1 aromatic heterocycles. The molecule has 2 fully saturated rings. The average molecular weight is 593 g/mol. The Balaban J connectivity index is 0.00000210. The zero-order valence-electron chi connectivity index (χ0n) is 22.8. The standard InChI is InChI=1S/C29H37N5O2S.2ClH/c1-22-7-6-8-25-26(22)28(36)31(2)29(30-25)37-21-23-9-11-24(12-10-23)27(35)34-19-17-33(18-20-34)16-15-32-13-4-3-5-14-32;;/h6-12H,3-5,13-21H2,1-2H3;2*1H. The Hall–Kier alpha value is -2.10. The Labute approximate surface area is 247 Å². The highest BCUT2D eigenvalue weighted by Crippen LogP contribution is 2.23. The zero-order valence-corrected chi connectivity index (χ0v) is 25.3. The molecule has 2 aromatic carbocycles. The van der Waals surface area contributed by atoms with Crippen LogP contribution < -0.4 is 5.56 Å². The largest absolute Gasteiger partial charge is 0.336 e. The summed E-state index contributed by atoms with van der Waals surface area (Å²) in [5, 5.41) is 1.38. The minimum atomic E-state index is -0.0156. The first kappa shape index (κ1) is 31.4. The molecule has 2 aliphatic rings. The van der Waals surface area contributed by atoms with Crippen LogP contribution in [0.15, 0.2) is 52.4 Å². The van der Waals surface area contributed by atoms with E-state index in [1.165, 1.54) is 44.1 Å². The lowest BCUT2D eigenvalue weighted by Crippen LogP contribution is -2.50. The highest BCUT2D eigenvalue weighted by atomic mass is 35.5. The van der Waals surface area contributed by atoms with Crippen molar-refractivity contribution in [1.29, 1.82) is 0 Å². The van der Waals surface area contributed by atoms with Crippen LogP contribution >= 0.6 is 36.6 Å². The van der Waals surface area contributed by atoms with E-state index in [-0.39, 0.29) is 36.3 Å². The van der Waals surface area contributed by atoms with Crippen LogP contribution in [-0.4, -0.2) is 82.5 Å². The Kier molecular flexibility index (Phi) is 11.7. The third-order valence-corrected chi connectivity index (χ3v) is 8.78. The summed E-state index contributed by atoms with van der Waals surface area (Å²) in [5.41, 5.74) is 3.50. The lowest BCUT2D eigenvalue weighted by molar-refractivity contribution is 0.0619. The van der Waals surface area contributed by atoms with Crippen molar-refractivity contribution in [3.8, 4) is 0 Å². The maximum atomic E-state index is 13.1. The summed E-state index contributed by atoms with van der Waals surface area (Å²) < 4.78 is 1.63. The normalized spacial score (nSPS) is 16.5. The predicted octanol–water partition coefficient (Wildman–Crippen LogP) is 4.62. The van der Waals surface area contributed by atoms with Gasteiger partial charge in [-0.3, -0.25) is 19.1 Å². The minimum Gasteiger partial charge on any atom is -0.336 e. The molecular formula is C29H39Cl2N5O2S. The first-order valence-electron chi connectivity index (χ1n) is 13.4. The van der Waals surface area contributed by atoms with Crippen LogP contribution in [0, 0.1) is 6.92 Å². The number of piperazine rings is 1. The van der Waals surface area contributed by atoms with Gasteiger partial charge in [0.1, 0.15) is 0 Å². The summed E-state index contributed by atoms with van der Waals surface area (Å²) in [6.07, 6.45) is 4.04. The summed E-state index contributed by atoms with van der Waals surface area (Å²) in [4.78, 5) is 37.7. The summed E-state index contributed by atoms with van der Waals surface area (Å²) in [6.45, 7) is 10.2. The molecule has 7 nitrogen and oxygen atoms in total. The van der Waals surface area contributed by atoms with Crippen molar-refractivity contribution >= 4 is 53.4 Å².